The molecule has 0 fully saturated rings. The molecular weight excluding hydrogens is 253 g/mol. The molecule has 1 aromatic carbocycles. The standard InChI is InChI=1S/C13H10FN3.ClH/c14-10-7-15-6-5-12(10)17-13-8-16-11-4-2-1-3-9(11)13;/h1-8,16H,(H,15,17);1H. The van der Waals surface area contributed by atoms with Crippen LogP contribution in [-0.2, 0) is 0 Å². The van der Waals surface area contributed by atoms with Gasteiger partial charge < -0.3 is 10.3 Å². The summed E-state index contributed by atoms with van der Waals surface area (Å²) in [7, 11) is 0. The average Bonchev–Trinajstić information content (AvgIpc) is 2.76. The van der Waals surface area contributed by atoms with Crippen molar-refractivity contribution < 1.29 is 4.39 Å². The molecule has 2 N–H and O–H groups in total. The van der Waals surface area contributed by atoms with Gasteiger partial charge in [0.15, 0.2) is 5.82 Å². The Labute approximate surface area is 109 Å². The van der Waals surface area contributed by atoms with Crippen molar-refractivity contribution in [2.75, 3.05) is 5.32 Å². The van der Waals surface area contributed by atoms with E-state index >= 15 is 0 Å². The lowest BCUT2D eigenvalue weighted by Gasteiger charge is -2.05. The first-order chi connectivity index (χ1) is 8.34. The molecule has 0 saturated carbocycles. The molecule has 0 spiro atoms. The lowest BCUT2D eigenvalue weighted by atomic mass is 10.2. The first-order valence-corrected chi connectivity index (χ1v) is 5.27. The Balaban J connectivity index is 0.00000120. The van der Waals surface area contributed by atoms with Gasteiger partial charge >= 0.3 is 0 Å². The molecule has 0 atom stereocenters. The van der Waals surface area contributed by atoms with Crippen molar-refractivity contribution in [3.8, 4) is 0 Å². The molecule has 0 aliphatic rings. The van der Waals surface area contributed by atoms with Gasteiger partial charge in [-0.1, -0.05) is 18.2 Å². The molecule has 3 rings (SSSR count). The molecule has 0 saturated heterocycles. The predicted molar refractivity (Wildman–Crippen MR) is 73.0 cm³/mol. The Hall–Kier alpha value is -2.07. The summed E-state index contributed by atoms with van der Waals surface area (Å²) in [5.74, 6) is -0.363. The van der Waals surface area contributed by atoms with Gasteiger partial charge in [-0.25, -0.2) is 4.39 Å². The summed E-state index contributed by atoms with van der Waals surface area (Å²) in [4.78, 5) is 6.84. The highest BCUT2D eigenvalue weighted by molar-refractivity contribution is 5.93. The number of nitrogens with zero attached hydrogens (tertiary/aromatic N) is 1. The number of hydrogen-bond acceptors (Lipinski definition) is 2. The molecule has 2 heterocycles. The van der Waals surface area contributed by atoms with Crippen LogP contribution >= 0.6 is 12.4 Å². The lowest BCUT2D eigenvalue weighted by molar-refractivity contribution is 0.625. The van der Waals surface area contributed by atoms with Crippen molar-refractivity contribution in [2.45, 2.75) is 0 Å². The first kappa shape index (κ1) is 12.4. The molecule has 0 unspecified atom stereocenters. The number of nitrogens with one attached hydrogen (secondary N) is 2. The van der Waals surface area contributed by atoms with Gasteiger partial charge in [0.05, 0.1) is 17.6 Å². The van der Waals surface area contributed by atoms with Crippen LogP contribution in [0.25, 0.3) is 10.9 Å². The molecule has 2 aromatic heterocycles. The third-order valence-corrected chi connectivity index (χ3v) is 2.63. The van der Waals surface area contributed by atoms with Gasteiger partial charge in [0.25, 0.3) is 0 Å². The molecule has 5 heteroatoms. The molecule has 92 valence electrons. The SMILES string of the molecule is Cl.Fc1cnccc1Nc1c[nH]c2ccccc12. The van der Waals surface area contributed by atoms with E-state index in [9.17, 15) is 4.39 Å². The summed E-state index contributed by atoms with van der Waals surface area (Å²) < 4.78 is 13.4. The summed E-state index contributed by atoms with van der Waals surface area (Å²) in [6.45, 7) is 0. The van der Waals surface area contributed by atoms with Crippen molar-refractivity contribution in [3.63, 3.8) is 0 Å². The highest BCUT2D eigenvalue weighted by atomic mass is 35.5. The number of anilines is 2. The number of aromatic amines is 1. The van der Waals surface area contributed by atoms with Crippen LogP contribution in [0.2, 0.25) is 0 Å². The smallest absolute Gasteiger partial charge is 0.164 e. The third kappa shape index (κ3) is 2.15. The van der Waals surface area contributed by atoms with Crippen LogP contribution in [0.3, 0.4) is 0 Å². The largest absolute Gasteiger partial charge is 0.359 e. The second-order valence-electron chi connectivity index (χ2n) is 3.73. The van der Waals surface area contributed by atoms with Gasteiger partial charge in [-0.3, -0.25) is 4.98 Å². The minimum atomic E-state index is -0.363. The van der Waals surface area contributed by atoms with Crippen molar-refractivity contribution in [2.24, 2.45) is 0 Å². The fourth-order valence-corrected chi connectivity index (χ4v) is 1.80. The Morgan fingerprint density at radius 3 is 2.78 bits per heavy atom. The van der Waals surface area contributed by atoms with E-state index in [1.165, 1.54) is 6.20 Å². The quantitative estimate of drug-likeness (QED) is 0.737. The second-order valence-corrected chi connectivity index (χ2v) is 3.73. The van der Waals surface area contributed by atoms with Crippen LogP contribution in [0.4, 0.5) is 15.8 Å². The second kappa shape index (κ2) is 5.06. The zero-order valence-corrected chi connectivity index (χ0v) is 10.2. The van der Waals surface area contributed by atoms with Crippen molar-refractivity contribution in [1.29, 1.82) is 0 Å². The fraction of sp³-hybridized carbons (Fsp3) is 0. The molecular formula is C13H11ClFN3. The summed E-state index contributed by atoms with van der Waals surface area (Å²) in [6.07, 6.45) is 4.57. The zero-order valence-electron chi connectivity index (χ0n) is 9.35. The molecule has 3 aromatic rings. The topological polar surface area (TPSA) is 40.7 Å². The highest BCUT2D eigenvalue weighted by Gasteiger charge is 2.05. The van der Waals surface area contributed by atoms with E-state index in [4.69, 9.17) is 0 Å². The normalized spacial score (nSPS) is 10.1. The van der Waals surface area contributed by atoms with Gasteiger partial charge in [0.2, 0.25) is 0 Å². The van der Waals surface area contributed by atoms with Crippen molar-refractivity contribution in [3.05, 3.63) is 54.7 Å². The number of benzene rings is 1. The van der Waals surface area contributed by atoms with Gasteiger partial charge in [-0.05, 0) is 12.1 Å². The van der Waals surface area contributed by atoms with Crippen LogP contribution in [0.15, 0.2) is 48.9 Å². The summed E-state index contributed by atoms with van der Waals surface area (Å²) in [6, 6.07) is 9.47. The minimum Gasteiger partial charge on any atom is -0.359 e. The maximum Gasteiger partial charge on any atom is 0.164 e. The van der Waals surface area contributed by atoms with E-state index in [1.54, 1.807) is 12.3 Å². The maximum atomic E-state index is 13.4. The Bertz CT molecular complexity index is 666. The zero-order chi connectivity index (χ0) is 11.7. The summed E-state index contributed by atoms with van der Waals surface area (Å²) in [5, 5.41) is 4.08. The number of pyridine rings is 1. The van der Waals surface area contributed by atoms with E-state index in [1.807, 2.05) is 30.5 Å². The molecule has 18 heavy (non-hydrogen) atoms. The van der Waals surface area contributed by atoms with E-state index in [2.05, 4.69) is 15.3 Å². The Morgan fingerprint density at radius 1 is 1.11 bits per heavy atom. The number of aromatic nitrogens is 2. The number of rotatable bonds is 2. The van der Waals surface area contributed by atoms with Crippen molar-refractivity contribution in [1.82, 2.24) is 9.97 Å². The van der Waals surface area contributed by atoms with Gasteiger partial charge in [-0.2, -0.15) is 0 Å². The Kier molecular flexibility index (Phi) is 3.48. The number of fused-ring (bicyclic) bond motifs is 1. The molecule has 0 aliphatic heterocycles. The van der Waals surface area contributed by atoms with Crippen LogP contribution in [0.1, 0.15) is 0 Å². The maximum absolute atomic E-state index is 13.4. The molecule has 0 amide bonds. The number of halogens is 2. The minimum absolute atomic E-state index is 0. The third-order valence-electron chi connectivity index (χ3n) is 2.63. The van der Waals surface area contributed by atoms with Crippen LogP contribution in [0.5, 0.6) is 0 Å². The van der Waals surface area contributed by atoms with Crippen LogP contribution < -0.4 is 5.32 Å². The monoisotopic (exact) mass is 263 g/mol. The number of H-pyrrole nitrogens is 1. The van der Waals surface area contributed by atoms with Crippen LogP contribution in [-0.4, -0.2) is 9.97 Å². The molecule has 3 nitrogen and oxygen atoms in total. The summed E-state index contributed by atoms with van der Waals surface area (Å²) in [5.41, 5.74) is 2.29. The van der Waals surface area contributed by atoms with Crippen molar-refractivity contribution >= 4 is 34.7 Å². The lowest BCUT2D eigenvalue weighted by Crippen LogP contribution is -1.93. The van der Waals surface area contributed by atoms with Crippen LogP contribution in [0, 0.1) is 5.82 Å². The highest BCUT2D eigenvalue weighted by Crippen LogP contribution is 2.26. The van der Waals surface area contributed by atoms with Gasteiger partial charge in [0.1, 0.15) is 0 Å². The molecule has 0 radical (unpaired) electrons. The summed E-state index contributed by atoms with van der Waals surface area (Å²) >= 11 is 0. The predicted octanol–water partition coefficient (Wildman–Crippen LogP) is 3.87. The molecule has 0 aliphatic carbocycles. The van der Waals surface area contributed by atoms with E-state index in [-0.39, 0.29) is 18.2 Å². The van der Waals surface area contributed by atoms with E-state index in [0.717, 1.165) is 16.6 Å². The Morgan fingerprint density at radius 2 is 1.94 bits per heavy atom. The molecule has 0 bridgehead atoms. The van der Waals surface area contributed by atoms with E-state index in [0.29, 0.717) is 5.69 Å². The van der Waals surface area contributed by atoms with Gasteiger partial charge in [-0.15, -0.1) is 12.4 Å². The average molecular weight is 264 g/mol. The van der Waals surface area contributed by atoms with Gasteiger partial charge in [0, 0.05) is 23.3 Å². The number of para-hydroxylation sites is 1. The fourth-order valence-electron chi connectivity index (χ4n) is 1.80. The van der Waals surface area contributed by atoms with E-state index < -0.39 is 0 Å². The first-order valence-electron chi connectivity index (χ1n) is 5.27. The number of hydrogen-bond donors (Lipinski definition) is 2.